The fourth-order valence-electron chi connectivity index (χ4n) is 1.46. The molecule has 0 aliphatic heterocycles. The van der Waals surface area contributed by atoms with Gasteiger partial charge in [0.1, 0.15) is 17.5 Å². The summed E-state index contributed by atoms with van der Waals surface area (Å²) in [5.74, 6) is 0.806. The van der Waals surface area contributed by atoms with Crippen molar-refractivity contribution in [3.63, 3.8) is 0 Å². The highest BCUT2D eigenvalue weighted by molar-refractivity contribution is 5.88. The molecule has 1 aromatic carbocycles. The molecule has 0 spiro atoms. The first-order valence-electron chi connectivity index (χ1n) is 5.60. The zero-order valence-corrected chi connectivity index (χ0v) is 10.3. The average molecular weight is 253 g/mol. The third kappa shape index (κ3) is 3.54. The Labute approximate surface area is 110 Å². The number of hydrogen-bond donors (Lipinski definition) is 1. The molecular weight excluding hydrogens is 242 g/mol. The van der Waals surface area contributed by atoms with Crippen molar-refractivity contribution in [3.8, 4) is 17.7 Å². The molecule has 94 valence electrons. The topological polar surface area (TPSA) is 75.0 Å². The van der Waals surface area contributed by atoms with Gasteiger partial charge in [0.2, 0.25) is 11.8 Å². The highest BCUT2D eigenvalue weighted by Gasteiger charge is 2.01. The number of nitriles is 1. The Morgan fingerprint density at radius 2 is 2.00 bits per heavy atom. The number of nitrogens with one attached hydrogen (secondary N) is 1. The van der Waals surface area contributed by atoms with E-state index in [1.807, 2.05) is 6.07 Å². The van der Waals surface area contributed by atoms with E-state index in [1.165, 1.54) is 6.92 Å². The minimum Gasteiger partial charge on any atom is -0.439 e. The van der Waals surface area contributed by atoms with E-state index in [0.29, 0.717) is 23.0 Å². The monoisotopic (exact) mass is 253 g/mol. The van der Waals surface area contributed by atoms with E-state index in [2.05, 4.69) is 10.3 Å². The predicted molar refractivity (Wildman–Crippen MR) is 69.8 cm³/mol. The van der Waals surface area contributed by atoms with Gasteiger partial charge in [0, 0.05) is 18.7 Å². The van der Waals surface area contributed by atoms with Gasteiger partial charge in [-0.3, -0.25) is 4.79 Å². The Morgan fingerprint density at radius 1 is 1.26 bits per heavy atom. The summed E-state index contributed by atoms with van der Waals surface area (Å²) < 4.78 is 5.51. The predicted octanol–water partition coefficient (Wildman–Crippen LogP) is 2.70. The molecule has 0 aliphatic carbocycles. The Balaban J connectivity index is 2.11. The van der Waals surface area contributed by atoms with Crippen LogP contribution in [-0.2, 0) is 4.79 Å². The van der Waals surface area contributed by atoms with E-state index in [-0.39, 0.29) is 5.91 Å². The second-order valence-electron chi connectivity index (χ2n) is 3.78. The van der Waals surface area contributed by atoms with E-state index < -0.39 is 0 Å². The minimum atomic E-state index is -0.128. The molecule has 1 heterocycles. The molecule has 0 saturated carbocycles. The van der Waals surface area contributed by atoms with Gasteiger partial charge in [0.05, 0.1) is 0 Å². The maximum atomic E-state index is 10.9. The maximum absolute atomic E-state index is 10.9. The zero-order chi connectivity index (χ0) is 13.7. The molecule has 1 N–H and O–H groups in total. The smallest absolute Gasteiger partial charge is 0.221 e. The van der Waals surface area contributed by atoms with Crippen LogP contribution in [0.5, 0.6) is 11.6 Å². The van der Waals surface area contributed by atoms with Crippen LogP contribution in [-0.4, -0.2) is 10.9 Å². The number of benzene rings is 1. The largest absolute Gasteiger partial charge is 0.439 e. The summed E-state index contributed by atoms with van der Waals surface area (Å²) in [6.07, 6.45) is 0. The van der Waals surface area contributed by atoms with Crippen molar-refractivity contribution in [1.29, 1.82) is 5.26 Å². The van der Waals surface area contributed by atoms with Gasteiger partial charge < -0.3 is 10.1 Å². The molecule has 2 rings (SSSR count). The van der Waals surface area contributed by atoms with Crippen molar-refractivity contribution in [2.24, 2.45) is 0 Å². The lowest BCUT2D eigenvalue weighted by atomic mass is 10.3. The molecule has 0 unspecified atom stereocenters. The van der Waals surface area contributed by atoms with Crippen LogP contribution < -0.4 is 10.1 Å². The SMILES string of the molecule is CC(=O)Nc1ccc(Oc2cccc(C#N)n2)cc1. The molecule has 0 atom stereocenters. The standard InChI is InChI=1S/C14H11N3O2/c1-10(18)16-11-5-7-13(8-6-11)19-14-4-2-3-12(9-15)17-14/h2-8H,1H3,(H,16,18). The molecule has 0 radical (unpaired) electrons. The van der Waals surface area contributed by atoms with Gasteiger partial charge in [0.15, 0.2) is 0 Å². The highest BCUT2D eigenvalue weighted by atomic mass is 16.5. The molecule has 5 heteroatoms. The maximum Gasteiger partial charge on any atom is 0.221 e. The van der Waals surface area contributed by atoms with Crippen molar-refractivity contribution in [2.75, 3.05) is 5.32 Å². The molecule has 5 nitrogen and oxygen atoms in total. The summed E-state index contributed by atoms with van der Waals surface area (Å²) in [6.45, 7) is 1.45. The molecule has 1 amide bonds. The summed E-state index contributed by atoms with van der Waals surface area (Å²) in [5.41, 5.74) is 0.992. The third-order valence-corrected chi connectivity index (χ3v) is 2.24. The van der Waals surface area contributed by atoms with Crippen LogP contribution >= 0.6 is 0 Å². The van der Waals surface area contributed by atoms with Gasteiger partial charge in [-0.05, 0) is 30.3 Å². The Bertz CT molecular complexity index is 630. The first kappa shape index (κ1) is 12.6. The molecular formula is C14H11N3O2. The Hall–Kier alpha value is -2.87. The summed E-state index contributed by atoms with van der Waals surface area (Å²) in [4.78, 5) is 14.9. The number of aromatic nitrogens is 1. The lowest BCUT2D eigenvalue weighted by Crippen LogP contribution is -2.05. The van der Waals surface area contributed by atoms with E-state index >= 15 is 0 Å². The quantitative estimate of drug-likeness (QED) is 0.912. The van der Waals surface area contributed by atoms with Gasteiger partial charge >= 0.3 is 0 Å². The fourth-order valence-corrected chi connectivity index (χ4v) is 1.46. The molecule has 19 heavy (non-hydrogen) atoms. The zero-order valence-electron chi connectivity index (χ0n) is 10.3. The minimum absolute atomic E-state index is 0.128. The molecule has 1 aromatic heterocycles. The lowest BCUT2D eigenvalue weighted by molar-refractivity contribution is -0.114. The normalized spacial score (nSPS) is 9.47. The number of anilines is 1. The van der Waals surface area contributed by atoms with E-state index in [1.54, 1.807) is 42.5 Å². The summed E-state index contributed by atoms with van der Waals surface area (Å²) in [7, 11) is 0. The van der Waals surface area contributed by atoms with Gasteiger partial charge in [0.25, 0.3) is 0 Å². The fraction of sp³-hybridized carbons (Fsp3) is 0.0714. The number of hydrogen-bond acceptors (Lipinski definition) is 4. The van der Waals surface area contributed by atoms with Gasteiger partial charge in [-0.2, -0.15) is 5.26 Å². The first-order valence-corrected chi connectivity index (χ1v) is 5.60. The summed E-state index contributed by atoms with van der Waals surface area (Å²) in [6, 6.07) is 13.8. The Morgan fingerprint density at radius 3 is 2.63 bits per heavy atom. The molecule has 0 bridgehead atoms. The highest BCUT2D eigenvalue weighted by Crippen LogP contribution is 2.21. The number of amides is 1. The second-order valence-corrected chi connectivity index (χ2v) is 3.78. The first-order chi connectivity index (χ1) is 9.17. The van der Waals surface area contributed by atoms with Crippen LogP contribution in [0.1, 0.15) is 12.6 Å². The number of carbonyl (C=O) groups is 1. The van der Waals surface area contributed by atoms with Gasteiger partial charge in [-0.1, -0.05) is 6.07 Å². The van der Waals surface area contributed by atoms with Crippen molar-refractivity contribution < 1.29 is 9.53 Å². The second kappa shape index (κ2) is 5.65. The third-order valence-electron chi connectivity index (χ3n) is 2.24. The van der Waals surface area contributed by atoms with Crippen LogP contribution in [0.4, 0.5) is 5.69 Å². The molecule has 0 aliphatic rings. The Kier molecular flexibility index (Phi) is 3.74. The van der Waals surface area contributed by atoms with Gasteiger partial charge in [-0.25, -0.2) is 4.98 Å². The van der Waals surface area contributed by atoms with Crippen molar-refractivity contribution in [3.05, 3.63) is 48.2 Å². The van der Waals surface area contributed by atoms with E-state index in [0.717, 1.165) is 0 Å². The van der Waals surface area contributed by atoms with E-state index in [9.17, 15) is 4.79 Å². The molecule has 0 saturated heterocycles. The van der Waals surface area contributed by atoms with Crippen molar-refractivity contribution in [1.82, 2.24) is 4.98 Å². The van der Waals surface area contributed by atoms with Crippen LogP contribution in [0, 0.1) is 11.3 Å². The summed E-state index contributed by atoms with van der Waals surface area (Å²) in [5, 5.41) is 11.4. The van der Waals surface area contributed by atoms with Crippen LogP contribution in [0.15, 0.2) is 42.5 Å². The number of ether oxygens (including phenoxy) is 1. The van der Waals surface area contributed by atoms with Crippen LogP contribution in [0.2, 0.25) is 0 Å². The molecule has 0 fully saturated rings. The van der Waals surface area contributed by atoms with Crippen molar-refractivity contribution >= 4 is 11.6 Å². The average Bonchev–Trinajstić information content (AvgIpc) is 2.41. The number of carbonyl (C=O) groups excluding carboxylic acids is 1. The number of pyridine rings is 1. The van der Waals surface area contributed by atoms with Crippen molar-refractivity contribution in [2.45, 2.75) is 6.92 Å². The number of nitrogens with zero attached hydrogens (tertiary/aromatic N) is 2. The van der Waals surface area contributed by atoms with Crippen LogP contribution in [0.25, 0.3) is 0 Å². The van der Waals surface area contributed by atoms with E-state index in [4.69, 9.17) is 10.00 Å². The number of rotatable bonds is 3. The molecule has 2 aromatic rings. The lowest BCUT2D eigenvalue weighted by Gasteiger charge is -2.06. The summed E-state index contributed by atoms with van der Waals surface area (Å²) >= 11 is 0. The van der Waals surface area contributed by atoms with Gasteiger partial charge in [-0.15, -0.1) is 0 Å². The van der Waals surface area contributed by atoms with Crippen LogP contribution in [0.3, 0.4) is 0 Å².